The summed E-state index contributed by atoms with van der Waals surface area (Å²) in [6.45, 7) is 3.97. The Labute approximate surface area is 66.4 Å². The first-order valence-corrected chi connectivity index (χ1v) is 3.60. The van der Waals surface area contributed by atoms with Gasteiger partial charge in [-0.1, -0.05) is 13.8 Å². The molecule has 3 heteroatoms. The summed E-state index contributed by atoms with van der Waals surface area (Å²) in [5.74, 6) is 0.157. The van der Waals surface area contributed by atoms with Crippen molar-refractivity contribution in [3.63, 3.8) is 0 Å². The molecule has 1 atom stereocenters. The molecule has 0 saturated carbocycles. The Morgan fingerprint density at radius 2 is 2.09 bits per heavy atom. The topological polar surface area (TPSA) is 57.5 Å². The van der Waals surface area contributed by atoms with E-state index in [1.807, 2.05) is 13.8 Å². The number of hydrogen-bond donors (Lipinski definition) is 2. The van der Waals surface area contributed by atoms with E-state index in [1.54, 1.807) is 0 Å². The van der Waals surface area contributed by atoms with Gasteiger partial charge in [0.2, 0.25) is 0 Å². The Hall–Kier alpha value is -0.830. The van der Waals surface area contributed by atoms with Gasteiger partial charge in [-0.05, 0) is 18.4 Å². The SMILES string of the molecule is CC(C)CC=C(O)[C@@H](O)C=O. The molecule has 2 N–H and O–H groups in total. The lowest BCUT2D eigenvalue weighted by Crippen LogP contribution is -2.11. The van der Waals surface area contributed by atoms with E-state index in [-0.39, 0.29) is 5.76 Å². The van der Waals surface area contributed by atoms with Crippen LogP contribution in [0, 0.1) is 5.92 Å². The molecule has 0 spiro atoms. The highest BCUT2D eigenvalue weighted by Gasteiger charge is 2.05. The third-order valence-electron chi connectivity index (χ3n) is 1.23. The van der Waals surface area contributed by atoms with Crippen LogP contribution in [-0.2, 0) is 4.79 Å². The van der Waals surface area contributed by atoms with Crippen LogP contribution in [0.1, 0.15) is 20.3 Å². The normalized spacial score (nSPS) is 15.1. The summed E-state index contributed by atoms with van der Waals surface area (Å²) in [4.78, 5) is 9.94. The molecule has 0 amide bonds. The first-order valence-electron chi connectivity index (χ1n) is 3.60. The molecule has 0 radical (unpaired) electrons. The fourth-order valence-electron chi connectivity index (χ4n) is 0.547. The quantitative estimate of drug-likeness (QED) is 0.474. The summed E-state index contributed by atoms with van der Waals surface area (Å²) in [5.41, 5.74) is 0. The van der Waals surface area contributed by atoms with E-state index < -0.39 is 6.10 Å². The highest BCUT2D eigenvalue weighted by molar-refractivity contribution is 5.59. The predicted molar refractivity (Wildman–Crippen MR) is 42.2 cm³/mol. The van der Waals surface area contributed by atoms with Gasteiger partial charge in [-0.2, -0.15) is 0 Å². The summed E-state index contributed by atoms with van der Waals surface area (Å²) in [6.07, 6.45) is 1.07. The highest BCUT2D eigenvalue weighted by Crippen LogP contribution is 2.04. The molecule has 0 fully saturated rings. The van der Waals surface area contributed by atoms with Crippen LogP contribution >= 0.6 is 0 Å². The zero-order valence-electron chi connectivity index (χ0n) is 6.82. The molecule has 3 nitrogen and oxygen atoms in total. The van der Waals surface area contributed by atoms with Crippen molar-refractivity contribution in [2.75, 3.05) is 0 Å². The Balaban J connectivity index is 3.89. The molecule has 0 aromatic carbocycles. The molecule has 0 aliphatic rings. The lowest BCUT2D eigenvalue weighted by Gasteiger charge is -2.02. The van der Waals surface area contributed by atoms with Crippen molar-refractivity contribution in [3.8, 4) is 0 Å². The molecular weight excluding hydrogens is 144 g/mol. The van der Waals surface area contributed by atoms with Crippen molar-refractivity contribution < 1.29 is 15.0 Å². The second-order valence-corrected chi connectivity index (χ2v) is 2.84. The van der Waals surface area contributed by atoms with E-state index in [0.29, 0.717) is 18.6 Å². The van der Waals surface area contributed by atoms with Crippen molar-refractivity contribution in [2.24, 2.45) is 5.92 Å². The summed E-state index contributed by atoms with van der Waals surface area (Å²) in [7, 11) is 0. The van der Waals surface area contributed by atoms with Crippen molar-refractivity contribution in [3.05, 3.63) is 11.8 Å². The molecule has 64 valence electrons. The smallest absolute Gasteiger partial charge is 0.165 e. The summed E-state index contributed by atoms with van der Waals surface area (Å²) in [6, 6.07) is 0. The summed E-state index contributed by atoms with van der Waals surface area (Å²) in [5, 5.41) is 17.7. The van der Waals surface area contributed by atoms with Crippen molar-refractivity contribution in [2.45, 2.75) is 26.4 Å². The van der Waals surface area contributed by atoms with E-state index in [4.69, 9.17) is 10.2 Å². The number of allylic oxidation sites excluding steroid dienone is 1. The van der Waals surface area contributed by atoms with Crippen LogP contribution in [0.3, 0.4) is 0 Å². The molecule has 0 heterocycles. The van der Waals surface area contributed by atoms with Crippen LogP contribution in [0.5, 0.6) is 0 Å². The third-order valence-corrected chi connectivity index (χ3v) is 1.23. The molecule has 0 aliphatic heterocycles. The zero-order chi connectivity index (χ0) is 8.85. The number of rotatable bonds is 4. The largest absolute Gasteiger partial charge is 0.509 e. The minimum atomic E-state index is -1.35. The van der Waals surface area contributed by atoms with Gasteiger partial charge in [-0.25, -0.2) is 0 Å². The van der Waals surface area contributed by atoms with Gasteiger partial charge < -0.3 is 10.2 Å². The van der Waals surface area contributed by atoms with Gasteiger partial charge in [0.05, 0.1) is 0 Å². The monoisotopic (exact) mass is 158 g/mol. The van der Waals surface area contributed by atoms with Crippen molar-refractivity contribution in [1.82, 2.24) is 0 Å². The average molecular weight is 158 g/mol. The maximum Gasteiger partial charge on any atom is 0.165 e. The molecule has 0 aromatic rings. The summed E-state index contributed by atoms with van der Waals surface area (Å²) >= 11 is 0. The number of aliphatic hydroxyl groups excluding tert-OH is 2. The van der Waals surface area contributed by atoms with Gasteiger partial charge in [0.25, 0.3) is 0 Å². The second kappa shape index (κ2) is 4.91. The number of hydrogen-bond acceptors (Lipinski definition) is 3. The Kier molecular flexibility index (Phi) is 4.54. The first-order chi connectivity index (χ1) is 5.07. The van der Waals surface area contributed by atoms with Crippen molar-refractivity contribution in [1.29, 1.82) is 0 Å². The number of aldehydes is 1. The second-order valence-electron chi connectivity index (χ2n) is 2.84. The molecule has 0 bridgehead atoms. The number of aliphatic hydroxyl groups is 2. The minimum Gasteiger partial charge on any atom is -0.509 e. The van der Waals surface area contributed by atoms with E-state index in [9.17, 15) is 4.79 Å². The number of carbonyl (C=O) groups excluding carboxylic acids is 1. The van der Waals surface area contributed by atoms with Gasteiger partial charge in [0.15, 0.2) is 12.4 Å². The Bertz CT molecular complexity index is 149. The molecule has 11 heavy (non-hydrogen) atoms. The lowest BCUT2D eigenvalue weighted by atomic mass is 10.1. The van der Waals surface area contributed by atoms with Gasteiger partial charge in [0, 0.05) is 0 Å². The minimum absolute atomic E-state index is 0.256. The maximum atomic E-state index is 9.94. The molecule has 0 saturated heterocycles. The van der Waals surface area contributed by atoms with Crippen LogP contribution < -0.4 is 0 Å². The highest BCUT2D eigenvalue weighted by atomic mass is 16.3. The van der Waals surface area contributed by atoms with Crippen LogP contribution in [-0.4, -0.2) is 22.6 Å². The number of carbonyl (C=O) groups is 1. The average Bonchev–Trinajstić information content (AvgIpc) is 1.98. The van der Waals surface area contributed by atoms with Crippen LogP contribution in [0.25, 0.3) is 0 Å². The summed E-state index contributed by atoms with van der Waals surface area (Å²) < 4.78 is 0. The van der Waals surface area contributed by atoms with Gasteiger partial charge >= 0.3 is 0 Å². The Morgan fingerprint density at radius 3 is 2.45 bits per heavy atom. The standard InChI is InChI=1S/C8H14O3/c1-6(2)3-4-7(10)8(11)5-9/h4-6,8,10-11H,3H2,1-2H3/t8-/m0/s1. The van der Waals surface area contributed by atoms with E-state index >= 15 is 0 Å². The molecule has 0 aliphatic carbocycles. The molecule has 0 rings (SSSR count). The van der Waals surface area contributed by atoms with E-state index in [2.05, 4.69) is 0 Å². The van der Waals surface area contributed by atoms with Gasteiger partial charge in [-0.3, -0.25) is 4.79 Å². The molecule has 0 unspecified atom stereocenters. The van der Waals surface area contributed by atoms with Gasteiger partial charge in [-0.15, -0.1) is 0 Å². The maximum absolute atomic E-state index is 9.94. The van der Waals surface area contributed by atoms with E-state index in [0.717, 1.165) is 0 Å². The Morgan fingerprint density at radius 1 is 1.55 bits per heavy atom. The predicted octanol–water partition coefficient (Wildman–Crippen LogP) is 1.03. The fourth-order valence-corrected chi connectivity index (χ4v) is 0.547. The third kappa shape index (κ3) is 4.56. The van der Waals surface area contributed by atoms with Crippen LogP contribution in [0.4, 0.5) is 0 Å². The van der Waals surface area contributed by atoms with Gasteiger partial charge in [0.1, 0.15) is 5.76 Å². The van der Waals surface area contributed by atoms with Crippen LogP contribution in [0.15, 0.2) is 11.8 Å². The van der Waals surface area contributed by atoms with E-state index in [1.165, 1.54) is 6.08 Å². The first kappa shape index (κ1) is 10.2. The fraction of sp³-hybridized carbons (Fsp3) is 0.625. The lowest BCUT2D eigenvalue weighted by molar-refractivity contribution is -0.114. The molecular formula is C8H14O3. The van der Waals surface area contributed by atoms with Crippen LogP contribution in [0.2, 0.25) is 0 Å². The molecule has 0 aromatic heterocycles. The zero-order valence-corrected chi connectivity index (χ0v) is 6.82. The van der Waals surface area contributed by atoms with Crippen molar-refractivity contribution >= 4 is 6.29 Å².